The van der Waals surface area contributed by atoms with Crippen molar-refractivity contribution in [3.8, 4) is 0 Å². The Morgan fingerprint density at radius 2 is 2.05 bits per heavy atom. The smallest absolute Gasteiger partial charge is 0.253 e. The van der Waals surface area contributed by atoms with Gasteiger partial charge in [-0.2, -0.15) is 0 Å². The third-order valence-corrected chi connectivity index (χ3v) is 4.38. The van der Waals surface area contributed by atoms with E-state index in [-0.39, 0.29) is 22.9 Å². The predicted octanol–water partition coefficient (Wildman–Crippen LogP) is 2.63. The molecular formula is C16H21N3O2S. The Labute approximate surface area is 134 Å². The maximum Gasteiger partial charge on any atom is 0.253 e. The molecule has 0 aliphatic rings. The summed E-state index contributed by atoms with van der Waals surface area (Å²) < 4.78 is 1.39. The van der Waals surface area contributed by atoms with Crippen LogP contribution in [0.3, 0.4) is 0 Å². The molecule has 0 saturated heterocycles. The van der Waals surface area contributed by atoms with Gasteiger partial charge in [-0.1, -0.05) is 20.8 Å². The van der Waals surface area contributed by atoms with Crippen LogP contribution in [-0.4, -0.2) is 15.5 Å². The normalized spacial score (nSPS) is 13.0. The minimum Gasteiger partial charge on any atom is -0.343 e. The third kappa shape index (κ3) is 3.62. The lowest BCUT2D eigenvalue weighted by molar-refractivity contribution is 0.0939. The molecule has 2 rings (SSSR count). The lowest BCUT2D eigenvalue weighted by Gasteiger charge is -2.15. The number of hydrogen-bond donors (Lipinski definition) is 1. The van der Waals surface area contributed by atoms with Crippen LogP contribution < -0.4 is 10.9 Å². The number of aromatic nitrogens is 2. The number of nitrogens with one attached hydrogen (secondary N) is 1. The van der Waals surface area contributed by atoms with E-state index in [0.29, 0.717) is 5.56 Å². The topological polar surface area (TPSA) is 64.0 Å². The van der Waals surface area contributed by atoms with Crippen molar-refractivity contribution in [3.05, 3.63) is 50.3 Å². The zero-order chi connectivity index (χ0) is 16.5. The van der Waals surface area contributed by atoms with Crippen LogP contribution in [0, 0.1) is 0 Å². The van der Waals surface area contributed by atoms with E-state index >= 15 is 0 Å². The van der Waals surface area contributed by atoms with Crippen LogP contribution >= 0.6 is 11.3 Å². The summed E-state index contributed by atoms with van der Waals surface area (Å²) >= 11 is 1.55. The second kappa shape index (κ2) is 6.04. The van der Waals surface area contributed by atoms with Gasteiger partial charge < -0.3 is 9.88 Å². The first-order valence-corrected chi connectivity index (χ1v) is 8.00. The highest BCUT2D eigenvalue weighted by Gasteiger charge is 2.20. The molecule has 22 heavy (non-hydrogen) atoms. The Bertz CT molecular complexity index is 740. The monoisotopic (exact) mass is 319 g/mol. The lowest BCUT2D eigenvalue weighted by Crippen LogP contribution is -2.28. The third-order valence-electron chi connectivity index (χ3n) is 3.36. The van der Waals surface area contributed by atoms with E-state index < -0.39 is 0 Å². The van der Waals surface area contributed by atoms with Gasteiger partial charge in [0, 0.05) is 30.1 Å². The van der Waals surface area contributed by atoms with Gasteiger partial charge in [-0.15, -0.1) is 11.3 Å². The first kappa shape index (κ1) is 16.4. The number of nitrogens with zero attached hydrogens (tertiary/aromatic N) is 2. The van der Waals surface area contributed by atoms with Crippen molar-refractivity contribution in [3.63, 3.8) is 0 Å². The zero-order valence-corrected chi connectivity index (χ0v) is 14.3. The van der Waals surface area contributed by atoms with Crippen LogP contribution in [0.1, 0.15) is 54.8 Å². The number of thiazole rings is 1. The molecule has 2 aromatic heterocycles. The Balaban J connectivity index is 2.12. The molecule has 118 valence electrons. The summed E-state index contributed by atoms with van der Waals surface area (Å²) in [4.78, 5) is 28.2. The van der Waals surface area contributed by atoms with Crippen molar-refractivity contribution >= 4 is 17.2 Å². The molecule has 1 amide bonds. The highest BCUT2D eigenvalue weighted by atomic mass is 32.1. The van der Waals surface area contributed by atoms with Gasteiger partial charge in [0.2, 0.25) is 5.56 Å². The van der Waals surface area contributed by atoms with E-state index in [9.17, 15) is 9.59 Å². The Morgan fingerprint density at radius 1 is 1.36 bits per heavy atom. The number of amides is 1. The maximum absolute atomic E-state index is 12.2. The summed E-state index contributed by atoms with van der Waals surface area (Å²) in [5.74, 6) is -0.212. The molecule has 0 fully saturated rings. The van der Waals surface area contributed by atoms with E-state index in [2.05, 4.69) is 31.1 Å². The summed E-state index contributed by atoms with van der Waals surface area (Å²) in [6.45, 7) is 8.24. The van der Waals surface area contributed by atoms with Crippen molar-refractivity contribution in [2.45, 2.75) is 39.2 Å². The van der Waals surface area contributed by atoms with Crippen LogP contribution in [0.4, 0.5) is 0 Å². The molecule has 0 bridgehead atoms. The molecule has 1 atom stereocenters. The van der Waals surface area contributed by atoms with Crippen LogP contribution in [0.15, 0.2) is 28.5 Å². The molecule has 0 aliphatic carbocycles. The molecule has 0 radical (unpaired) electrons. The molecule has 6 heteroatoms. The van der Waals surface area contributed by atoms with E-state index in [1.54, 1.807) is 18.4 Å². The van der Waals surface area contributed by atoms with E-state index in [1.807, 2.05) is 12.3 Å². The van der Waals surface area contributed by atoms with Gasteiger partial charge >= 0.3 is 0 Å². The largest absolute Gasteiger partial charge is 0.343 e. The number of pyridine rings is 1. The van der Waals surface area contributed by atoms with E-state index in [0.717, 1.165) is 10.7 Å². The summed E-state index contributed by atoms with van der Waals surface area (Å²) in [7, 11) is 1.62. The number of aryl methyl sites for hydroxylation is 1. The molecule has 2 aromatic rings. The van der Waals surface area contributed by atoms with E-state index in [1.165, 1.54) is 22.9 Å². The molecule has 2 heterocycles. The highest BCUT2D eigenvalue weighted by Crippen LogP contribution is 2.26. The summed E-state index contributed by atoms with van der Waals surface area (Å²) in [5, 5.41) is 5.83. The van der Waals surface area contributed by atoms with Gasteiger partial charge in [0.25, 0.3) is 5.91 Å². The van der Waals surface area contributed by atoms with Gasteiger partial charge in [0.05, 0.1) is 17.3 Å². The van der Waals surface area contributed by atoms with Crippen LogP contribution in [0.25, 0.3) is 0 Å². The van der Waals surface area contributed by atoms with Crippen molar-refractivity contribution in [1.82, 2.24) is 14.9 Å². The summed E-state index contributed by atoms with van der Waals surface area (Å²) in [6.07, 6.45) is 1.53. The zero-order valence-electron chi connectivity index (χ0n) is 13.5. The van der Waals surface area contributed by atoms with Gasteiger partial charge in [-0.3, -0.25) is 9.59 Å². The average Bonchev–Trinajstić information content (AvgIpc) is 2.91. The average molecular weight is 319 g/mol. The van der Waals surface area contributed by atoms with Crippen LogP contribution in [0.5, 0.6) is 0 Å². The van der Waals surface area contributed by atoms with Crippen molar-refractivity contribution in [2.75, 3.05) is 0 Å². The molecule has 0 spiro atoms. The molecule has 0 aliphatic heterocycles. The second-order valence-electron chi connectivity index (χ2n) is 6.38. The SMILES string of the molecule is C[C@H](NC(=O)c1ccc(=O)n(C)c1)c1nc(C(C)(C)C)cs1. The minimum atomic E-state index is -0.212. The van der Waals surface area contributed by atoms with Crippen molar-refractivity contribution in [1.29, 1.82) is 0 Å². The fourth-order valence-corrected chi connectivity index (χ4v) is 2.95. The first-order chi connectivity index (χ1) is 10.2. The van der Waals surface area contributed by atoms with Crippen molar-refractivity contribution in [2.24, 2.45) is 7.05 Å². The Hall–Kier alpha value is -1.95. The fourth-order valence-electron chi connectivity index (χ4n) is 1.90. The minimum absolute atomic E-state index is 0.00378. The number of carbonyl (C=O) groups excluding carboxylic acids is 1. The second-order valence-corrected chi connectivity index (χ2v) is 7.27. The number of carbonyl (C=O) groups is 1. The number of rotatable bonds is 3. The Morgan fingerprint density at radius 3 is 2.59 bits per heavy atom. The molecule has 0 saturated carbocycles. The van der Waals surface area contributed by atoms with Crippen LogP contribution in [0.2, 0.25) is 0 Å². The summed E-state index contributed by atoms with van der Waals surface area (Å²) in [5.41, 5.74) is 1.34. The summed E-state index contributed by atoms with van der Waals surface area (Å²) in [6, 6.07) is 2.75. The molecule has 5 nitrogen and oxygen atoms in total. The van der Waals surface area contributed by atoms with Gasteiger partial charge in [-0.05, 0) is 13.0 Å². The molecule has 0 unspecified atom stereocenters. The molecule has 1 N–H and O–H groups in total. The van der Waals surface area contributed by atoms with Gasteiger partial charge in [-0.25, -0.2) is 4.98 Å². The van der Waals surface area contributed by atoms with Gasteiger partial charge in [0.15, 0.2) is 0 Å². The van der Waals surface area contributed by atoms with Crippen LogP contribution in [-0.2, 0) is 12.5 Å². The quantitative estimate of drug-likeness (QED) is 0.946. The fraction of sp³-hybridized carbons (Fsp3) is 0.438. The molecular weight excluding hydrogens is 298 g/mol. The first-order valence-electron chi connectivity index (χ1n) is 7.12. The van der Waals surface area contributed by atoms with Crippen molar-refractivity contribution < 1.29 is 4.79 Å². The van der Waals surface area contributed by atoms with E-state index in [4.69, 9.17) is 0 Å². The highest BCUT2D eigenvalue weighted by molar-refractivity contribution is 7.09. The predicted molar refractivity (Wildman–Crippen MR) is 88.4 cm³/mol. The Kier molecular flexibility index (Phi) is 4.51. The standard InChI is InChI=1S/C16H21N3O2S/c1-10(15-18-12(9-22-15)16(2,3)4)17-14(21)11-6-7-13(20)19(5)8-11/h6-10H,1-5H3,(H,17,21)/t10-/m0/s1. The lowest BCUT2D eigenvalue weighted by atomic mass is 9.93. The maximum atomic E-state index is 12.2. The molecule has 0 aromatic carbocycles. The van der Waals surface area contributed by atoms with Gasteiger partial charge in [0.1, 0.15) is 5.01 Å². The number of hydrogen-bond acceptors (Lipinski definition) is 4.